The van der Waals surface area contributed by atoms with Crippen LogP contribution >= 0.6 is 34.4 Å². The molecule has 0 aliphatic rings. The molecular formula is C19H18N6OS3. The van der Waals surface area contributed by atoms with Gasteiger partial charge in [0.1, 0.15) is 5.51 Å². The highest BCUT2D eigenvalue weighted by Gasteiger charge is 2.19. The average Bonchev–Trinajstić information content (AvgIpc) is 3.42. The molecule has 10 heteroatoms. The van der Waals surface area contributed by atoms with E-state index in [9.17, 15) is 4.79 Å². The van der Waals surface area contributed by atoms with E-state index in [0.29, 0.717) is 10.3 Å². The maximum atomic E-state index is 12.1. The van der Waals surface area contributed by atoms with Crippen LogP contribution in [0.1, 0.15) is 10.4 Å². The molecule has 1 amide bonds. The molecule has 0 aliphatic heterocycles. The quantitative estimate of drug-likeness (QED) is 0.445. The molecule has 29 heavy (non-hydrogen) atoms. The summed E-state index contributed by atoms with van der Waals surface area (Å²) in [5, 5.41) is 22.2. The first-order valence-electron chi connectivity index (χ1n) is 8.76. The lowest BCUT2D eigenvalue weighted by atomic mass is 10.0. The van der Waals surface area contributed by atoms with Crippen molar-refractivity contribution in [2.45, 2.75) is 19.0 Å². The van der Waals surface area contributed by atoms with Crippen molar-refractivity contribution >= 4 is 45.5 Å². The van der Waals surface area contributed by atoms with E-state index in [4.69, 9.17) is 0 Å². The van der Waals surface area contributed by atoms with Crippen molar-refractivity contribution in [1.82, 2.24) is 25.0 Å². The van der Waals surface area contributed by atoms with Crippen molar-refractivity contribution in [3.63, 3.8) is 0 Å². The Balaban J connectivity index is 1.55. The number of rotatable bonds is 6. The van der Waals surface area contributed by atoms with Crippen molar-refractivity contribution in [1.29, 1.82) is 0 Å². The zero-order valence-electron chi connectivity index (χ0n) is 16.0. The summed E-state index contributed by atoms with van der Waals surface area (Å²) in [6.45, 7) is 4.20. The van der Waals surface area contributed by atoms with Gasteiger partial charge in [0.2, 0.25) is 11.0 Å². The lowest BCUT2D eigenvalue weighted by Crippen LogP contribution is -2.14. The molecule has 3 heterocycles. The van der Waals surface area contributed by atoms with Gasteiger partial charge in [-0.25, -0.2) is 0 Å². The van der Waals surface area contributed by atoms with Gasteiger partial charge in [-0.15, -0.1) is 31.7 Å². The van der Waals surface area contributed by atoms with E-state index in [2.05, 4.69) is 69.2 Å². The largest absolute Gasteiger partial charge is 0.305 e. The first-order chi connectivity index (χ1) is 14.0. The van der Waals surface area contributed by atoms with Gasteiger partial charge in [0.15, 0.2) is 11.0 Å². The molecule has 0 aliphatic carbocycles. The van der Waals surface area contributed by atoms with Crippen molar-refractivity contribution in [3.05, 3.63) is 45.6 Å². The third-order valence-electron chi connectivity index (χ3n) is 4.33. The van der Waals surface area contributed by atoms with E-state index in [1.807, 2.05) is 11.6 Å². The molecule has 0 bridgehead atoms. The number of hydrogen-bond acceptors (Lipinski definition) is 8. The highest BCUT2D eigenvalue weighted by Crippen LogP contribution is 2.38. The van der Waals surface area contributed by atoms with E-state index in [1.165, 1.54) is 39.1 Å². The molecule has 4 rings (SSSR count). The van der Waals surface area contributed by atoms with Gasteiger partial charge in [-0.2, -0.15) is 0 Å². The van der Waals surface area contributed by atoms with E-state index in [-0.39, 0.29) is 11.7 Å². The number of hydrogen-bond donors (Lipinski definition) is 1. The van der Waals surface area contributed by atoms with Crippen LogP contribution in [0.4, 0.5) is 5.13 Å². The standard InChI is InChI=1S/C19H18N6OS3/c1-11-4-6-13(7-5-11)16-12(2)27-8-14(16)17-22-24-19(25(17)3)28-9-15(26)21-18-23-20-10-29-18/h4-8,10H,9H2,1-3H3,(H,21,23,26). The Kier molecular flexibility index (Phi) is 5.74. The van der Waals surface area contributed by atoms with E-state index in [1.54, 1.807) is 16.8 Å². The fourth-order valence-corrected chi connectivity index (χ4v) is 4.92. The molecule has 1 N–H and O–H groups in total. The molecule has 4 aromatic rings. The second-order valence-electron chi connectivity index (χ2n) is 6.39. The second kappa shape index (κ2) is 8.44. The number of nitrogens with one attached hydrogen (secondary N) is 1. The lowest BCUT2D eigenvalue weighted by Gasteiger charge is -2.07. The van der Waals surface area contributed by atoms with Gasteiger partial charge >= 0.3 is 0 Å². The van der Waals surface area contributed by atoms with Crippen LogP contribution in [0, 0.1) is 13.8 Å². The van der Waals surface area contributed by atoms with E-state index >= 15 is 0 Å². The van der Waals surface area contributed by atoms with Gasteiger partial charge < -0.3 is 4.57 Å². The summed E-state index contributed by atoms with van der Waals surface area (Å²) in [5.41, 5.74) is 6.20. The molecule has 148 valence electrons. The summed E-state index contributed by atoms with van der Waals surface area (Å²) < 4.78 is 1.93. The molecule has 0 radical (unpaired) electrons. The summed E-state index contributed by atoms with van der Waals surface area (Å²) in [5.74, 6) is 0.860. The summed E-state index contributed by atoms with van der Waals surface area (Å²) >= 11 is 4.32. The predicted molar refractivity (Wildman–Crippen MR) is 118 cm³/mol. The molecule has 3 aromatic heterocycles. The van der Waals surface area contributed by atoms with Crippen LogP contribution in [0.15, 0.2) is 40.3 Å². The van der Waals surface area contributed by atoms with Crippen molar-refractivity contribution in [2.24, 2.45) is 7.05 Å². The van der Waals surface area contributed by atoms with Crippen LogP contribution in [0.3, 0.4) is 0 Å². The first kappa shape index (κ1) is 19.7. The van der Waals surface area contributed by atoms with Gasteiger partial charge in [0, 0.05) is 28.4 Å². The molecule has 0 saturated heterocycles. The van der Waals surface area contributed by atoms with Crippen molar-refractivity contribution in [3.8, 4) is 22.5 Å². The Bertz CT molecular complexity index is 1130. The van der Waals surface area contributed by atoms with Gasteiger partial charge in [-0.05, 0) is 19.4 Å². The number of thioether (sulfide) groups is 1. The smallest absolute Gasteiger partial charge is 0.236 e. The molecule has 1 aromatic carbocycles. The minimum Gasteiger partial charge on any atom is -0.305 e. The average molecular weight is 443 g/mol. The minimum absolute atomic E-state index is 0.150. The number of nitrogens with zero attached hydrogens (tertiary/aromatic N) is 5. The van der Waals surface area contributed by atoms with Gasteiger partial charge in [0.25, 0.3) is 0 Å². The van der Waals surface area contributed by atoms with Crippen molar-refractivity contribution in [2.75, 3.05) is 11.1 Å². The maximum Gasteiger partial charge on any atom is 0.236 e. The number of aryl methyl sites for hydroxylation is 2. The number of carbonyl (C=O) groups excluding carboxylic acids is 1. The highest BCUT2D eigenvalue weighted by atomic mass is 32.2. The number of thiophene rings is 1. The molecule has 0 saturated carbocycles. The zero-order valence-corrected chi connectivity index (χ0v) is 18.5. The van der Waals surface area contributed by atoms with E-state index in [0.717, 1.165) is 17.0 Å². The van der Waals surface area contributed by atoms with Crippen LogP contribution in [-0.2, 0) is 11.8 Å². The Hall–Kier alpha value is -2.56. The predicted octanol–water partition coefficient (Wildman–Crippen LogP) is 4.41. The number of anilines is 1. The monoisotopic (exact) mass is 442 g/mol. The van der Waals surface area contributed by atoms with Crippen LogP contribution in [0.25, 0.3) is 22.5 Å². The van der Waals surface area contributed by atoms with Gasteiger partial charge in [0.05, 0.1) is 5.75 Å². The Labute approximate surface area is 180 Å². The topological polar surface area (TPSA) is 85.6 Å². The molecule has 0 unspecified atom stereocenters. The number of benzene rings is 1. The minimum atomic E-state index is -0.150. The molecule has 0 spiro atoms. The number of aromatic nitrogens is 5. The highest BCUT2D eigenvalue weighted by molar-refractivity contribution is 7.99. The first-order valence-corrected chi connectivity index (χ1v) is 11.5. The summed E-state index contributed by atoms with van der Waals surface area (Å²) in [6.07, 6.45) is 0. The van der Waals surface area contributed by atoms with Crippen LogP contribution in [0.5, 0.6) is 0 Å². The Morgan fingerprint density at radius 2 is 1.93 bits per heavy atom. The van der Waals surface area contributed by atoms with Gasteiger partial charge in [-0.3, -0.25) is 10.1 Å². The molecule has 7 nitrogen and oxygen atoms in total. The second-order valence-corrected chi connectivity index (χ2v) is 9.25. The third kappa shape index (κ3) is 4.24. The third-order valence-corrected chi connectivity index (χ3v) is 6.87. The molecule has 0 atom stereocenters. The molecule has 0 fully saturated rings. The van der Waals surface area contributed by atoms with Gasteiger partial charge in [-0.1, -0.05) is 52.9 Å². The lowest BCUT2D eigenvalue weighted by molar-refractivity contribution is -0.113. The normalized spacial score (nSPS) is 11.0. The summed E-state index contributed by atoms with van der Waals surface area (Å²) in [6, 6.07) is 8.50. The van der Waals surface area contributed by atoms with Crippen LogP contribution in [-0.4, -0.2) is 36.6 Å². The Morgan fingerprint density at radius 1 is 1.14 bits per heavy atom. The van der Waals surface area contributed by atoms with Crippen molar-refractivity contribution < 1.29 is 4.79 Å². The fourth-order valence-electron chi connectivity index (χ4n) is 2.89. The van der Waals surface area contributed by atoms with Crippen LogP contribution < -0.4 is 5.32 Å². The fraction of sp³-hybridized carbons (Fsp3) is 0.211. The number of amides is 1. The van der Waals surface area contributed by atoms with Crippen LogP contribution in [0.2, 0.25) is 0 Å². The number of carbonyl (C=O) groups is 1. The molecular weight excluding hydrogens is 424 g/mol. The zero-order chi connectivity index (χ0) is 20.4. The van der Waals surface area contributed by atoms with E-state index < -0.39 is 0 Å². The summed E-state index contributed by atoms with van der Waals surface area (Å²) in [4.78, 5) is 13.3. The summed E-state index contributed by atoms with van der Waals surface area (Å²) in [7, 11) is 1.92. The SMILES string of the molecule is Cc1ccc(-c2c(-c3nnc(SCC(=O)Nc4nncs4)n3C)csc2C)cc1. The Morgan fingerprint density at radius 3 is 2.66 bits per heavy atom. The maximum absolute atomic E-state index is 12.1.